The predicted molar refractivity (Wildman–Crippen MR) is 63.4 cm³/mol. The number of hydrogen-bond donors (Lipinski definition) is 2. The Morgan fingerprint density at radius 3 is 2.82 bits per heavy atom. The van der Waals surface area contributed by atoms with Gasteiger partial charge in [-0.05, 0) is 19.3 Å². The molecule has 1 heterocycles. The predicted octanol–water partition coefficient (Wildman–Crippen LogP) is -0.0718. The van der Waals surface area contributed by atoms with Crippen molar-refractivity contribution in [2.75, 3.05) is 26.2 Å². The van der Waals surface area contributed by atoms with Crippen LogP contribution in [0.1, 0.15) is 20.3 Å². The number of piperidine rings is 1. The van der Waals surface area contributed by atoms with Gasteiger partial charge in [-0.2, -0.15) is 0 Å². The summed E-state index contributed by atoms with van der Waals surface area (Å²) in [4.78, 5) is 24.5. The molecular formula is C11H21N3O3. The highest BCUT2D eigenvalue weighted by Gasteiger charge is 2.24. The summed E-state index contributed by atoms with van der Waals surface area (Å²) in [7, 11) is 0. The van der Waals surface area contributed by atoms with Crippen molar-refractivity contribution in [2.45, 2.75) is 26.3 Å². The number of nitrogens with zero attached hydrogens (tertiary/aromatic N) is 1. The zero-order valence-electron chi connectivity index (χ0n) is 10.4. The number of carbonyl (C=O) groups excluding carboxylic acids is 2. The van der Waals surface area contributed by atoms with Crippen LogP contribution in [0.15, 0.2) is 0 Å². The zero-order chi connectivity index (χ0) is 12.8. The minimum Gasteiger partial charge on any atom is -0.450 e. The Labute approximate surface area is 101 Å². The molecule has 1 rings (SSSR count). The fourth-order valence-corrected chi connectivity index (χ4v) is 1.92. The van der Waals surface area contributed by atoms with Crippen molar-refractivity contribution in [3.63, 3.8) is 0 Å². The summed E-state index contributed by atoms with van der Waals surface area (Å²) in [6.07, 6.45) is 0.202. The lowest BCUT2D eigenvalue weighted by molar-refractivity contribution is -0.122. The van der Waals surface area contributed by atoms with E-state index in [1.54, 1.807) is 6.92 Å². The van der Waals surface area contributed by atoms with Crippen molar-refractivity contribution in [2.24, 2.45) is 11.7 Å². The monoisotopic (exact) mass is 243 g/mol. The molecule has 6 nitrogen and oxygen atoms in total. The van der Waals surface area contributed by atoms with E-state index in [1.807, 2.05) is 4.90 Å². The van der Waals surface area contributed by atoms with Crippen LogP contribution in [-0.4, -0.2) is 49.2 Å². The van der Waals surface area contributed by atoms with Gasteiger partial charge in [0, 0.05) is 19.1 Å². The highest BCUT2D eigenvalue weighted by Crippen LogP contribution is 2.14. The van der Waals surface area contributed by atoms with E-state index in [2.05, 4.69) is 17.0 Å². The van der Waals surface area contributed by atoms with Gasteiger partial charge in [-0.3, -0.25) is 15.0 Å². The number of ether oxygens (including phenoxy) is 1. The van der Waals surface area contributed by atoms with Gasteiger partial charge in [0.05, 0.1) is 13.2 Å². The third-order valence-electron chi connectivity index (χ3n) is 2.94. The molecule has 0 aromatic carbocycles. The quantitative estimate of drug-likeness (QED) is 0.724. The van der Waals surface area contributed by atoms with E-state index in [9.17, 15) is 9.59 Å². The second kappa shape index (κ2) is 6.56. The molecule has 0 aromatic heterocycles. The van der Waals surface area contributed by atoms with Gasteiger partial charge in [-0.15, -0.1) is 0 Å². The standard InChI is InChI=1S/C11H21N3O3/c1-3-17-11(16)13-10(15)7-14-5-4-9(12)8(2)6-14/h8-9H,3-7,12H2,1-2H3,(H,13,15,16). The number of alkyl carbamates (subject to hydrolysis) is 1. The number of nitrogens with two attached hydrogens (primary N) is 1. The van der Waals surface area contributed by atoms with E-state index < -0.39 is 6.09 Å². The van der Waals surface area contributed by atoms with E-state index >= 15 is 0 Å². The van der Waals surface area contributed by atoms with Gasteiger partial charge in [0.25, 0.3) is 0 Å². The number of carbonyl (C=O) groups is 2. The van der Waals surface area contributed by atoms with Gasteiger partial charge < -0.3 is 10.5 Å². The SMILES string of the molecule is CCOC(=O)NC(=O)CN1CCC(N)C(C)C1. The molecule has 1 fully saturated rings. The number of hydrogen-bond acceptors (Lipinski definition) is 5. The Kier molecular flexibility index (Phi) is 5.37. The van der Waals surface area contributed by atoms with Gasteiger partial charge in [0.1, 0.15) is 0 Å². The van der Waals surface area contributed by atoms with Gasteiger partial charge in [0.15, 0.2) is 0 Å². The Morgan fingerprint density at radius 2 is 2.24 bits per heavy atom. The van der Waals surface area contributed by atoms with Crippen LogP contribution in [0.4, 0.5) is 4.79 Å². The average Bonchev–Trinajstić information content (AvgIpc) is 2.23. The van der Waals surface area contributed by atoms with Crippen LogP contribution in [0, 0.1) is 5.92 Å². The maximum Gasteiger partial charge on any atom is 0.413 e. The number of imide groups is 1. The summed E-state index contributed by atoms with van der Waals surface area (Å²) < 4.78 is 4.63. The second-order valence-electron chi connectivity index (χ2n) is 4.43. The Balaban J connectivity index is 2.29. The maximum atomic E-state index is 11.5. The van der Waals surface area contributed by atoms with Gasteiger partial charge >= 0.3 is 6.09 Å². The van der Waals surface area contributed by atoms with Gasteiger partial charge in [-0.1, -0.05) is 6.92 Å². The molecular weight excluding hydrogens is 222 g/mol. The summed E-state index contributed by atoms with van der Waals surface area (Å²) in [5.41, 5.74) is 5.89. The molecule has 1 saturated heterocycles. The van der Waals surface area contributed by atoms with Gasteiger partial charge in [0.2, 0.25) is 5.91 Å². The molecule has 0 aromatic rings. The molecule has 1 aliphatic heterocycles. The fourth-order valence-electron chi connectivity index (χ4n) is 1.92. The zero-order valence-corrected chi connectivity index (χ0v) is 10.4. The molecule has 17 heavy (non-hydrogen) atoms. The molecule has 2 amide bonds. The van der Waals surface area contributed by atoms with Crippen molar-refractivity contribution in [3.8, 4) is 0 Å². The minimum atomic E-state index is -0.681. The van der Waals surface area contributed by atoms with Crippen molar-refractivity contribution in [1.82, 2.24) is 10.2 Å². The first kappa shape index (κ1) is 13.9. The molecule has 0 radical (unpaired) electrons. The van der Waals surface area contributed by atoms with Crippen molar-refractivity contribution in [3.05, 3.63) is 0 Å². The van der Waals surface area contributed by atoms with Gasteiger partial charge in [-0.25, -0.2) is 4.79 Å². The molecule has 0 saturated carbocycles. The lowest BCUT2D eigenvalue weighted by Gasteiger charge is -2.34. The van der Waals surface area contributed by atoms with E-state index in [0.717, 1.165) is 19.5 Å². The summed E-state index contributed by atoms with van der Waals surface area (Å²) in [6.45, 7) is 5.82. The van der Waals surface area contributed by atoms with Crippen molar-refractivity contribution < 1.29 is 14.3 Å². The van der Waals surface area contributed by atoms with Crippen molar-refractivity contribution in [1.29, 1.82) is 0 Å². The largest absolute Gasteiger partial charge is 0.450 e. The van der Waals surface area contributed by atoms with Crippen LogP contribution in [-0.2, 0) is 9.53 Å². The van der Waals surface area contributed by atoms with Crippen LogP contribution in [0.3, 0.4) is 0 Å². The van der Waals surface area contributed by atoms with Crippen molar-refractivity contribution >= 4 is 12.0 Å². The maximum absolute atomic E-state index is 11.5. The molecule has 2 atom stereocenters. The normalized spacial score (nSPS) is 25.4. The number of amides is 2. The van der Waals surface area contributed by atoms with E-state index in [4.69, 9.17) is 5.73 Å². The van der Waals surface area contributed by atoms with E-state index in [1.165, 1.54) is 0 Å². The molecule has 98 valence electrons. The second-order valence-corrected chi connectivity index (χ2v) is 4.43. The first-order valence-corrected chi connectivity index (χ1v) is 5.97. The molecule has 0 bridgehead atoms. The number of likely N-dealkylation sites (tertiary alicyclic amines) is 1. The van der Waals surface area contributed by atoms with Crippen LogP contribution in [0.2, 0.25) is 0 Å². The minimum absolute atomic E-state index is 0.208. The Hall–Kier alpha value is -1.14. The van der Waals surface area contributed by atoms with E-state index in [-0.39, 0.29) is 25.1 Å². The molecule has 2 unspecified atom stereocenters. The van der Waals surface area contributed by atoms with Crippen LogP contribution >= 0.6 is 0 Å². The third-order valence-corrected chi connectivity index (χ3v) is 2.94. The summed E-state index contributed by atoms with van der Waals surface area (Å²) >= 11 is 0. The highest BCUT2D eigenvalue weighted by molar-refractivity contribution is 5.92. The lowest BCUT2D eigenvalue weighted by Crippen LogP contribution is -2.49. The first-order chi connectivity index (χ1) is 8.02. The van der Waals surface area contributed by atoms with Crippen LogP contribution < -0.4 is 11.1 Å². The molecule has 3 N–H and O–H groups in total. The summed E-state index contributed by atoms with van der Waals surface area (Å²) in [6, 6.07) is 0.208. The smallest absolute Gasteiger partial charge is 0.413 e. The number of rotatable bonds is 3. The Morgan fingerprint density at radius 1 is 1.53 bits per heavy atom. The first-order valence-electron chi connectivity index (χ1n) is 5.97. The summed E-state index contributed by atoms with van der Waals surface area (Å²) in [5, 5.41) is 2.18. The topological polar surface area (TPSA) is 84.7 Å². The van der Waals surface area contributed by atoms with Crippen LogP contribution in [0.5, 0.6) is 0 Å². The van der Waals surface area contributed by atoms with Crippen LogP contribution in [0.25, 0.3) is 0 Å². The fraction of sp³-hybridized carbons (Fsp3) is 0.818. The molecule has 0 aliphatic carbocycles. The molecule has 0 spiro atoms. The van der Waals surface area contributed by atoms with E-state index in [0.29, 0.717) is 5.92 Å². The molecule has 6 heteroatoms. The Bertz CT molecular complexity index is 283. The molecule has 1 aliphatic rings. The lowest BCUT2D eigenvalue weighted by atomic mass is 9.95. The number of nitrogens with one attached hydrogen (secondary N) is 1. The summed E-state index contributed by atoms with van der Waals surface area (Å²) in [5.74, 6) is 0.0465. The third kappa shape index (κ3) is 4.70. The average molecular weight is 243 g/mol. The highest BCUT2D eigenvalue weighted by atomic mass is 16.5.